The van der Waals surface area contributed by atoms with Gasteiger partial charge in [0.05, 0.1) is 43.1 Å². The average Bonchev–Trinajstić information content (AvgIpc) is 2.80. The molecule has 36 heavy (non-hydrogen) atoms. The van der Waals surface area contributed by atoms with Gasteiger partial charge in [-0.3, -0.25) is 14.7 Å². The van der Waals surface area contributed by atoms with E-state index < -0.39 is 62.9 Å². The molecule has 0 aliphatic carbocycles. The number of carbonyl (C=O) groups excluding carboxylic acids is 5. The molecule has 0 bridgehead atoms. The van der Waals surface area contributed by atoms with Gasteiger partial charge in [-0.15, -0.1) is 0 Å². The van der Waals surface area contributed by atoms with Crippen LogP contribution >= 0.6 is 0 Å². The summed E-state index contributed by atoms with van der Waals surface area (Å²) in [6.07, 6.45) is 0. The molecule has 200 valence electrons. The van der Waals surface area contributed by atoms with Crippen molar-refractivity contribution in [3.05, 3.63) is 35.9 Å². The first-order valence-electron chi connectivity index (χ1n) is 10.7. The summed E-state index contributed by atoms with van der Waals surface area (Å²) in [6, 6.07) is 7.35. The largest absolute Gasteiger partial charge is 0.642 e. The van der Waals surface area contributed by atoms with Crippen LogP contribution in [0.5, 0.6) is 0 Å². The van der Waals surface area contributed by atoms with Crippen LogP contribution in [0.1, 0.15) is 5.56 Å². The SMILES string of the molecule is O=[C-]OCN(CCN(CCN(CC(=O)[O-])C(COCc1ccccc1)C(=O)[O-])CC(=O)[O-])CC(=O)[O-]. The zero-order valence-corrected chi connectivity index (χ0v) is 19.4. The molecular formula is C22H26N3O11-5. The summed E-state index contributed by atoms with van der Waals surface area (Å²) in [6.45, 7) is -2.27. The third-order valence-electron chi connectivity index (χ3n) is 4.88. The molecular weight excluding hydrogens is 482 g/mol. The van der Waals surface area contributed by atoms with Gasteiger partial charge in [-0.05, 0) is 5.56 Å². The second kappa shape index (κ2) is 16.9. The molecule has 1 atom stereocenters. The highest BCUT2D eigenvalue weighted by molar-refractivity contribution is 5.73. The van der Waals surface area contributed by atoms with E-state index in [0.717, 1.165) is 21.8 Å². The lowest BCUT2D eigenvalue weighted by Gasteiger charge is -2.35. The van der Waals surface area contributed by atoms with E-state index in [1.54, 1.807) is 30.3 Å². The highest BCUT2D eigenvalue weighted by Gasteiger charge is 2.22. The number of nitrogens with zero attached hydrogens (tertiary/aromatic N) is 3. The summed E-state index contributed by atoms with van der Waals surface area (Å²) in [4.78, 5) is 58.6. The zero-order valence-electron chi connectivity index (χ0n) is 19.4. The lowest BCUT2D eigenvalue weighted by atomic mass is 10.2. The number of benzene rings is 1. The molecule has 0 saturated heterocycles. The summed E-state index contributed by atoms with van der Waals surface area (Å²) < 4.78 is 9.82. The normalized spacial score (nSPS) is 12.0. The van der Waals surface area contributed by atoms with Crippen molar-refractivity contribution in [1.82, 2.24) is 14.7 Å². The average molecular weight is 508 g/mol. The number of ether oxygens (including phenoxy) is 2. The van der Waals surface area contributed by atoms with Crippen molar-refractivity contribution in [3.63, 3.8) is 0 Å². The molecule has 0 fully saturated rings. The van der Waals surface area contributed by atoms with Gasteiger partial charge in [0, 0.05) is 45.8 Å². The van der Waals surface area contributed by atoms with Crippen LogP contribution in [-0.4, -0.2) is 110 Å². The van der Waals surface area contributed by atoms with E-state index in [1.807, 2.05) is 0 Å². The molecule has 0 radical (unpaired) electrons. The predicted molar refractivity (Wildman–Crippen MR) is 111 cm³/mol. The van der Waals surface area contributed by atoms with Gasteiger partial charge in [0.15, 0.2) is 0 Å². The fourth-order valence-electron chi connectivity index (χ4n) is 3.19. The first-order valence-corrected chi connectivity index (χ1v) is 10.7. The summed E-state index contributed by atoms with van der Waals surface area (Å²) in [5.74, 6) is -6.12. The number of hydrogen-bond acceptors (Lipinski definition) is 14. The van der Waals surface area contributed by atoms with Crippen LogP contribution in [0.15, 0.2) is 30.3 Å². The quantitative estimate of drug-likeness (QED) is 0.112. The Kier molecular flexibility index (Phi) is 14.3. The summed E-state index contributed by atoms with van der Waals surface area (Å²) in [7, 11) is 0. The van der Waals surface area contributed by atoms with Gasteiger partial charge < -0.3 is 53.9 Å². The minimum atomic E-state index is -1.60. The first kappa shape index (κ1) is 30.4. The Bertz CT molecular complexity index is 853. The lowest BCUT2D eigenvalue weighted by Crippen LogP contribution is -2.56. The van der Waals surface area contributed by atoms with Gasteiger partial charge in [-0.2, -0.15) is 0 Å². The lowest BCUT2D eigenvalue weighted by molar-refractivity contribution is -0.317. The maximum Gasteiger partial charge on any atom is 0.106 e. The Balaban J connectivity index is 2.83. The molecule has 0 aliphatic rings. The highest BCUT2D eigenvalue weighted by atomic mass is 16.5. The van der Waals surface area contributed by atoms with Crippen LogP contribution in [-0.2, 0) is 40.1 Å². The van der Waals surface area contributed by atoms with Crippen LogP contribution < -0.4 is 20.4 Å². The molecule has 1 rings (SSSR count). The highest BCUT2D eigenvalue weighted by Crippen LogP contribution is 2.06. The standard InChI is InChI=1S/C22H30N3O11/c26-16-36-15-24(11-20(29)30)7-6-23(10-19(27)28)8-9-25(12-21(31)32)18(22(33)34)14-35-13-17-4-2-1-3-5-17/h1-5,18H,6-15H2,(H,27,28)(H,29,30)(H,31,32)(H,33,34)/q-1/p-4. The van der Waals surface area contributed by atoms with Crippen LogP contribution in [0.2, 0.25) is 0 Å². The molecule has 1 aromatic carbocycles. The van der Waals surface area contributed by atoms with E-state index in [-0.39, 0.29) is 32.8 Å². The number of carboxylic acids is 4. The molecule has 0 amide bonds. The van der Waals surface area contributed by atoms with Crippen LogP contribution in [0.3, 0.4) is 0 Å². The van der Waals surface area contributed by atoms with E-state index in [0.29, 0.717) is 0 Å². The number of rotatable bonds is 21. The Morgan fingerprint density at radius 1 is 0.806 bits per heavy atom. The van der Waals surface area contributed by atoms with Crippen molar-refractivity contribution in [2.45, 2.75) is 12.6 Å². The molecule has 1 aromatic rings. The molecule has 0 spiro atoms. The fourth-order valence-corrected chi connectivity index (χ4v) is 3.19. The van der Waals surface area contributed by atoms with Crippen molar-refractivity contribution in [3.8, 4) is 0 Å². The third kappa shape index (κ3) is 13.3. The second-order valence-corrected chi connectivity index (χ2v) is 7.61. The number of hydrogen-bond donors (Lipinski definition) is 0. The predicted octanol–water partition coefficient (Wildman–Crippen LogP) is -6.48. The van der Waals surface area contributed by atoms with Crippen molar-refractivity contribution in [1.29, 1.82) is 0 Å². The van der Waals surface area contributed by atoms with Gasteiger partial charge in [0.2, 0.25) is 0 Å². The fraction of sp³-hybridized carbons (Fsp3) is 0.500. The van der Waals surface area contributed by atoms with Crippen LogP contribution in [0.25, 0.3) is 0 Å². The van der Waals surface area contributed by atoms with Gasteiger partial charge >= 0.3 is 0 Å². The van der Waals surface area contributed by atoms with E-state index in [1.165, 1.54) is 4.90 Å². The molecule has 14 heteroatoms. The topological polar surface area (TPSA) is 206 Å². The van der Waals surface area contributed by atoms with Crippen molar-refractivity contribution in [2.24, 2.45) is 0 Å². The molecule has 0 N–H and O–H groups in total. The monoisotopic (exact) mass is 508 g/mol. The Labute approximate surface area is 207 Å². The van der Waals surface area contributed by atoms with E-state index >= 15 is 0 Å². The van der Waals surface area contributed by atoms with Crippen LogP contribution in [0.4, 0.5) is 0 Å². The maximum atomic E-state index is 11.7. The molecule has 0 aromatic heterocycles. The van der Waals surface area contributed by atoms with E-state index in [2.05, 4.69) is 4.74 Å². The van der Waals surface area contributed by atoms with Crippen molar-refractivity contribution in [2.75, 3.05) is 59.2 Å². The van der Waals surface area contributed by atoms with E-state index in [9.17, 15) is 44.4 Å². The van der Waals surface area contributed by atoms with Crippen LogP contribution in [0, 0.1) is 0 Å². The molecule has 0 heterocycles. The summed E-state index contributed by atoms with van der Waals surface area (Å²) in [5, 5.41) is 45.0. The van der Waals surface area contributed by atoms with Gasteiger partial charge in [-0.25, -0.2) is 0 Å². The van der Waals surface area contributed by atoms with Gasteiger partial charge in [0.1, 0.15) is 6.73 Å². The van der Waals surface area contributed by atoms with Gasteiger partial charge in [0.25, 0.3) is 0 Å². The second-order valence-electron chi connectivity index (χ2n) is 7.61. The number of carboxylic acid groups (broad SMARTS) is 4. The molecule has 0 saturated carbocycles. The minimum Gasteiger partial charge on any atom is -0.642 e. The maximum absolute atomic E-state index is 11.7. The molecule has 1 unspecified atom stereocenters. The van der Waals surface area contributed by atoms with Crippen molar-refractivity contribution < 1.29 is 53.9 Å². The van der Waals surface area contributed by atoms with E-state index in [4.69, 9.17) is 4.74 Å². The Hall–Kier alpha value is -3.59. The molecule has 0 aliphatic heterocycles. The third-order valence-corrected chi connectivity index (χ3v) is 4.88. The summed E-state index contributed by atoms with van der Waals surface area (Å²) in [5.41, 5.74) is 0.762. The van der Waals surface area contributed by atoms with Crippen molar-refractivity contribution >= 4 is 30.3 Å². The number of carbonyl (C=O) groups is 4. The Morgan fingerprint density at radius 3 is 1.92 bits per heavy atom. The van der Waals surface area contributed by atoms with Gasteiger partial charge in [-0.1, -0.05) is 36.8 Å². The first-order chi connectivity index (χ1) is 17.1. The summed E-state index contributed by atoms with van der Waals surface area (Å²) >= 11 is 0. The number of aliphatic carboxylic acids is 4. The molecule has 14 nitrogen and oxygen atoms in total. The zero-order chi connectivity index (χ0) is 26.9. The Morgan fingerprint density at radius 2 is 1.36 bits per heavy atom. The smallest absolute Gasteiger partial charge is 0.106 e. The minimum absolute atomic E-state index is 0.0646.